The van der Waals surface area contributed by atoms with Crippen molar-refractivity contribution < 1.29 is 9.52 Å². The maximum absolute atomic E-state index is 9.40. The van der Waals surface area contributed by atoms with Gasteiger partial charge in [-0.25, -0.2) is 4.98 Å². The largest absolute Gasteiger partial charge is 0.508 e. The third-order valence-electron chi connectivity index (χ3n) is 3.01. The summed E-state index contributed by atoms with van der Waals surface area (Å²) in [7, 11) is 0. The lowest BCUT2D eigenvalue weighted by Crippen LogP contribution is -2.43. The van der Waals surface area contributed by atoms with E-state index >= 15 is 0 Å². The molecule has 0 aliphatic carbocycles. The number of rotatable bonds is 3. The van der Waals surface area contributed by atoms with E-state index < -0.39 is 0 Å². The van der Waals surface area contributed by atoms with Crippen molar-refractivity contribution >= 4 is 0 Å². The lowest BCUT2D eigenvalue weighted by atomic mass is 10.00. The third-order valence-corrected chi connectivity index (χ3v) is 3.01. The first-order valence-corrected chi connectivity index (χ1v) is 5.76. The van der Waals surface area contributed by atoms with Gasteiger partial charge in [-0.1, -0.05) is 12.1 Å². The van der Waals surface area contributed by atoms with Gasteiger partial charge in [0.25, 0.3) is 0 Å². The molecule has 0 amide bonds. The Morgan fingerprint density at radius 1 is 1.41 bits per heavy atom. The normalized spacial score (nSPS) is 15.8. The molecule has 0 unspecified atom stereocenters. The van der Waals surface area contributed by atoms with Crippen LogP contribution in [0.25, 0.3) is 11.3 Å². The monoisotopic (exact) mass is 230 g/mol. The molecule has 0 spiro atoms. The maximum Gasteiger partial charge on any atom is 0.195 e. The molecule has 4 nitrogen and oxygen atoms in total. The van der Waals surface area contributed by atoms with Crippen LogP contribution < -0.4 is 5.32 Å². The van der Waals surface area contributed by atoms with Gasteiger partial charge in [0.05, 0.1) is 6.20 Å². The van der Waals surface area contributed by atoms with Crippen LogP contribution >= 0.6 is 0 Å². The number of benzene rings is 1. The number of phenols is 1. The minimum atomic E-state index is 0.239. The summed E-state index contributed by atoms with van der Waals surface area (Å²) in [6, 6.07) is 7.01. The molecule has 0 atom stereocenters. The summed E-state index contributed by atoms with van der Waals surface area (Å²) in [5.41, 5.74) is 0.857. The summed E-state index contributed by atoms with van der Waals surface area (Å²) in [4.78, 5) is 4.27. The van der Waals surface area contributed by atoms with E-state index in [0.717, 1.165) is 31.0 Å². The van der Waals surface area contributed by atoms with Crippen LogP contribution in [0.15, 0.2) is 34.9 Å². The summed E-state index contributed by atoms with van der Waals surface area (Å²) >= 11 is 0. The molecule has 88 valence electrons. The predicted molar refractivity (Wildman–Crippen MR) is 63.7 cm³/mol. The van der Waals surface area contributed by atoms with Gasteiger partial charge < -0.3 is 14.8 Å². The van der Waals surface area contributed by atoms with Crippen molar-refractivity contribution in [3.8, 4) is 17.1 Å². The first-order valence-electron chi connectivity index (χ1n) is 5.76. The lowest BCUT2D eigenvalue weighted by Gasteiger charge is -2.25. The van der Waals surface area contributed by atoms with Crippen molar-refractivity contribution in [3.05, 3.63) is 36.4 Å². The number of hydrogen-bond donors (Lipinski definition) is 2. The van der Waals surface area contributed by atoms with Crippen LogP contribution in [-0.4, -0.2) is 23.2 Å². The predicted octanol–water partition coefficient (Wildman–Crippen LogP) is 1.81. The lowest BCUT2D eigenvalue weighted by molar-refractivity contribution is 0.319. The number of nitrogens with zero attached hydrogens (tertiary/aromatic N) is 1. The highest BCUT2D eigenvalue weighted by molar-refractivity contribution is 5.58. The molecular formula is C13H14N2O2. The molecule has 0 saturated carbocycles. The Bertz CT molecular complexity index is 518. The number of hydrogen-bond acceptors (Lipinski definition) is 4. The summed E-state index contributed by atoms with van der Waals surface area (Å²) in [5.74, 6) is 2.37. The molecule has 17 heavy (non-hydrogen) atoms. The molecule has 1 fully saturated rings. The van der Waals surface area contributed by atoms with E-state index in [1.165, 1.54) is 0 Å². The Kier molecular flexibility index (Phi) is 2.57. The van der Waals surface area contributed by atoms with Crippen LogP contribution in [0.2, 0.25) is 0 Å². The third kappa shape index (κ3) is 2.17. The zero-order valence-electron chi connectivity index (χ0n) is 9.39. The van der Waals surface area contributed by atoms with Crippen LogP contribution in [0.1, 0.15) is 5.89 Å². The van der Waals surface area contributed by atoms with Gasteiger partial charge in [0.2, 0.25) is 0 Å². The molecule has 2 aromatic rings. The fourth-order valence-corrected chi connectivity index (χ4v) is 1.94. The first-order chi connectivity index (χ1) is 8.31. The molecule has 1 aliphatic rings. The molecular weight excluding hydrogens is 216 g/mol. The van der Waals surface area contributed by atoms with Gasteiger partial charge in [0, 0.05) is 12.0 Å². The van der Waals surface area contributed by atoms with Crippen LogP contribution in [0.3, 0.4) is 0 Å². The fourth-order valence-electron chi connectivity index (χ4n) is 1.94. The van der Waals surface area contributed by atoms with E-state index in [1.807, 2.05) is 6.07 Å². The quantitative estimate of drug-likeness (QED) is 0.844. The summed E-state index contributed by atoms with van der Waals surface area (Å²) in [6.07, 6.45) is 2.60. The molecule has 2 N–H and O–H groups in total. The second-order valence-corrected chi connectivity index (χ2v) is 4.40. The van der Waals surface area contributed by atoms with E-state index in [4.69, 9.17) is 4.42 Å². The molecule has 1 saturated heterocycles. The van der Waals surface area contributed by atoms with Gasteiger partial charge in [-0.05, 0) is 31.1 Å². The molecule has 0 bridgehead atoms. The number of aromatic nitrogens is 1. The second kappa shape index (κ2) is 4.22. The summed E-state index contributed by atoms with van der Waals surface area (Å²) in [5, 5.41) is 12.6. The number of aromatic hydroxyl groups is 1. The molecule has 2 heterocycles. The van der Waals surface area contributed by atoms with Crippen LogP contribution in [0.4, 0.5) is 0 Å². The Hall–Kier alpha value is -1.81. The molecule has 1 aromatic carbocycles. The van der Waals surface area contributed by atoms with E-state index in [-0.39, 0.29) is 5.75 Å². The van der Waals surface area contributed by atoms with E-state index in [0.29, 0.717) is 11.7 Å². The average molecular weight is 230 g/mol. The topological polar surface area (TPSA) is 58.3 Å². The van der Waals surface area contributed by atoms with E-state index in [1.54, 1.807) is 24.4 Å². The van der Waals surface area contributed by atoms with E-state index in [9.17, 15) is 5.11 Å². The van der Waals surface area contributed by atoms with Crippen LogP contribution in [0.5, 0.6) is 5.75 Å². The highest BCUT2D eigenvalue weighted by Crippen LogP contribution is 2.24. The summed E-state index contributed by atoms with van der Waals surface area (Å²) in [6.45, 7) is 2.09. The Labute approximate surface area is 99.3 Å². The highest BCUT2D eigenvalue weighted by atomic mass is 16.4. The molecule has 1 aromatic heterocycles. The second-order valence-electron chi connectivity index (χ2n) is 4.40. The first kappa shape index (κ1) is 10.4. The maximum atomic E-state index is 9.40. The van der Waals surface area contributed by atoms with Crippen molar-refractivity contribution in [2.45, 2.75) is 6.42 Å². The molecule has 1 aliphatic heterocycles. The molecule has 3 rings (SSSR count). The van der Waals surface area contributed by atoms with Gasteiger partial charge in [-0.15, -0.1) is 0 Å². The smallest absolute Gasteiger partial charge is 0.195 e. The van der Waals surface area contributed by atoms with Crippen molar-refractivity contribution in [2.24, 2.45) is 5.92 Å². The van der Waals surface area contributed by atoms with Gasteiger partial charge >= 0.3 is 0 Å². The van der Waals surface area contributed by atoms with Crippen molar-refractivity contribution in [1.82, 2.24) is 10.3 Å². The molecule has 0 radical (unpaired) electrons. The molecule has 4 heteroatoms. The highest BCUT2D eigenvalue weighted by Gasteiger charge is 2.19. The minimum absolute atomic E-state index is 0.239. The van der Waals surface area contributed by atoms with E-state index in [2.05, 4.69) is 10.3 Å². The van der Waals surface area contributed by atoms with Gasteiger partial charge in [-0.2, -0.15) is 0 Å². The van der Waals surface area contributed by atoms with Gasteiger partial charge in [-0.3, -0.25) is 0 Å². The van der Waals surface area contributed by atoms with Gasteiger partial charge in [0.15, 0.2) is 11.7 Å². The number of phenolic OH excluding ortho intramolecular Hbond substituents is 1. The Balaban J connectivity index is 1.79. The number of nitrogens with one attached hydrogen (secondary N) is 1. The van der Waals surface area contributed by atoms with Crippen LogP contribution in [0, 0.1) is 5.92 Å². The zero-order valence-corrected chi connectivity index (χ0v) is 9.39. The van der Waals surface area contributed by atoms with Crippen molar-refractivity contribution in [2.75, 3.05) is 13.1 Å². The number of oxazole rings is 1. The average Bonchev–Trinajstić information content (AvgIpc) is 2.72. The SMILES string of the molecule is Oc1cccc(-c2cnc(CC3CNC3)o2)c1. The Morgan fingerprint density at radius 3 is 3.00 bits per heavy atom. The van der Waals surface area contributed by atoms with Crippen LogP contribution in [-0.2, 0) is 6.42 Å². The Morgan fingerprint density at radius 2 is 2.29 bits per heavy atom. The standard InChI is InChI=1S/C13H14N2O2/c16-11-3-1-2-10(5-11)12-8-15-13(17-12)4-9-6-14-7-9/h1-3,5,8-9,14,16H,4,6-7H2. The minimum Gasteiger partial charge on any atom is -0.508 e. The fraction of sp³-hybridized carbons (Fsp3) is 0.308. The summed E-state index contributed by atoms with van der Waals surface area (Å²) < 4.78 is 5.68. The van der Waals surface area contributed by atoms with Crippen molar-refractivity contribution in [3.63, 3.8) is 0 Å². The van der Waals surface area contributed by atoms with Crippen molar-refractivity contribution in [1.29, 1.82) is 0 Å². The zero-order chi connectivity index (χ0) is 11.7. The van der Waals surface area contributed by atoms with Gasteiger partial charge in [0.1, 0.15) is 5.75 Å².